The van der Waals surface area contributed by atoms with Crippen LogP contribution < -0.4 is 5.32 Å². The van der Waals surface area contributed by atoms with E-state index in [4.69, 9.17) is 0 Å². The molecule has 0 spiro atoms. The van der Waals surface area contributed by atoms with Crippen molar-refractivity contribution in [1.29, 1.82) is 5.26 Å². The van der Waals surface area contributed by atoms with Gasteiger partial charge in [0.05, 0.1) is 6.07 Å². The van der Waals surface area contributed by atoms with Crippen LogP contribution in [0.2, 0.25) is 0 Å². The van der Waals surface area contributed by atoms with Crippen molar-refractivity contribution in [1.82, 2.24) is 5.32 Å². The highest BCUT2D eigenvalue weighted by molar-refractivity contribution is 7.09. The van der Waals surface area contributed by atoms with Crippen LogP contribution in [0.15, 0.2) is 17.5 Å². The smallest absolute Gasteiger partial charge is 0.110 e. The fourth-order valence-electron chi connectivity index (χ4n) is 3.09. The number of rotatable bonds is 3. The maximum absolute atomic E-state index is 9.54. The molecule has 1 saturated carbocycles. The summed E-state index contributed by atoms with van der Waals surface area (Å²) in [4.78, 5) is 1.30. The lowest BCUT2D eigenvalue weighted by atomic mass is 9.87. The zero-order chi connectivity index (χ0) is 12.5. The molecule has 0 aliphatic heterocycles. The second-order valence-electron chi connectivity index (χ2n) is 5.96. The third kappa shape index (κ3) is 2.53. The van der Waals surface area contributed by atoms with E-state index >= 15 is 0 Å². The van der Waals surface area contributed by atoms with E-state index in [0.29, 0.717) is 5.92 Å². The molecule has 1 aliphatic rings. The molecule has 92 valence electrons. The fraction of sp³-hybridized carbons (Fsp3) is 0.643. The average Bonchev–Trinajstić information content (AvgIpc) is 2.82. The number of hydrogen-bond donors (Lipinski definition) is 1. The van der Waals surface area contributed by atoms with E-state index in [1.165, 1.54) is 4.88 Å². The van der Waals surface area contributed by atoms with E-state index in [0.717, 1.165) is 19.4 Å². The Morgan fingerprint density at radius 3 is 2.82 bits per heavy atom. The number of nitriles is 1. The molecular formula is C14H20N2S. The largest absolute Gasteiger partial charge is 0.294 e. The molecule has 0 aromatic carbocycles. The SMILES string of the molecule is CC1CC(C)(C)CC1(C#N)NCc1cccs1. The van der Waals surface area contributed by atoms with E-state index in [9.17, 15) is 5.26 Å². The minimum absolute atomic E-state index is 0.275. The average molecular weight is 248 g/mol. The Kier molecular flexibility index (Phi) is 3.29. The molecule has 1 aliphatic carbocycles. The Balaban J connectivity index is 2.08. The molecule has 1 fully saturated rings. The highest BCUT2D eigenvalue weighted by Gasteiger charge is 2.48. The van der Waals surface area contributed by atoms with E-state index in [-0.39, 0.29) is 11.0 Å². The first kappa shape index (κ1) is 12.6. The summed E-state index contributed by atoms with van der Waals surface area (Å²) in [6, 6.07) is 6.72. The van der Waals surface area contributed by atoms with Crippen LogP contribution in [-0.4, -0.2) is 5.54 Å². The van der Waals surface area contributed by atoms with Crippen molar-refractivity contribution < 1.29 is 0 Å². The second kappa shape index (κ2) is 4.44. The maximum Gasteiger partial charge on any atom is 0.110 e. The van der Waals surface area contributed by atoms with Crippen molar-refractivity contribution in [3.63, 3.8) is 0 Å². The first-order chi connectivity index (χ1) is 7.97. The third-order valence-electron chi connectivity index (χ3n) is 3.82. The van der Waals surface area contributed by atoms with Gasteiger partial charge in [-0.1, -0.05) is 26.8 Å². The molecule has 0 saturated heterocycles. The van der Waals surface area contributed by atoms with E-state index in [1.807, 2.05) is 0 Å². The van der Waals surface area contributed by atoms with Crippen LogP contribution in [0.25, 0.3) is 0 Å². The van der Waals surface area contributed by atoms with Gasteiger partial charge >= 0.3 is 0 Å². The molecule has 1 aromatic rings. The molecule has 0 bridgehead atoms. The quantitative estimate of drug-likeness (QED) is 0.888. The second-order valence-corrected chi connectivity index (χ2v) is 6.99. The summed E-state index contributed by atoms with van der Waals surface area (Å²) in [6.07, 6.45) is 2.07. The molecule has 2 rings (SSSR count). The highest BCUT2D eigenvalue weighted by atomic mass is 32.1. The van der Waals surface area contributed by atoms with Crippen molar-refractivity contribution in [3.8, 4) is 6.07 Å². The molecule has 3 heteroatoms. The van der Waals surface area contributed by atoms with Crippen LogP contribution >= 0.6 is 11.3 Å². The number of hydrogen-bond acceptors (Lipinski definition) is 3. The minimum atomic E-state index is -0.340. The maximum atomic E-state index is 9.54. The molecule has 1 heterocycles. The lowest BCUT2D eigenvalue weighted by Gasteiger charge is -2.28. The van der Waals surface area contributed by atoms with Crippen molar-refractivity contribution in [2.24, 2.45) is 11.3 Å². The first-order valence-electron chi connectivity index (χ1n) is 6.16. The van der Waals surface area contributed by atoms with Crippen LogP contribution in [0, 0.1) is 22.7 Å². The molecule has 1 N–H and O–H groups in total. The van der Waals surface area contributed by atoms with E-state index in [1.54, 1.807) is 11.3 Å². The molecule has 0 amide bonds. The summed E-state index contributed by atoms with van der Waals surface area (Å²) >= 11 is 1.74. The highest BCUT2D eigenvalue weighted by Crippen LogP contribution is 2.47. The Hall–Kier alpha value is -0.850. The lowest BCUT2D eigenvalue weighted by Crippen LogP contribution is -2.46. The Morgan fingerprint density at radius 1 is 1.59 bits per heavy atom. The summed E-state index contributed by atoms with van der Waals surface area (Å²) in [5.74, 6) is 0.419. The zero-order valence-electron chi connectivity index (χ0n) is 10.8. The minimum Gasteiger partial charge on any atom is -0.294 e. The first-order valence-corrected chi connectivity index (χ1v) is 7.04. The molecule has 2 unspecified atom stereocenters. The van der Waals surface area contributed by atoms with Crippen molar-refractivity contribution in [3.05, 3.63) is 22.4 Å². The molecule has 17 heavy (non-hydrogen) atoms. The normalized spacial score (nSPS) is 31.3. The van der Waals surface area contributed by atoms with Gasteiger partial charge in [-0.25, -0.2) is 0 Å². The predicted octanol–water partition coefficient (Wildman–Crippen LogP) is 3.56. The van der Waals surface area contributed by atoms with Gasteiger partial charge in [-0.2, -0.15) is 5.26 Å². The van der Waals surface area contributed by atoms with Gasteiger partial charge in [-0.3, -0.25) is 5.32 Å². The van der Waals surface area contributed by atoms with Gasteiger partial charge in [0.1, 0.15) is 5.54 Å². The van der Waals surface area contributed by atoms with Crippen LogP contribution in [0.1, 0.15) is 38.5 Å². The van der Waals surface area contributed by atoms with Crippen LogP contribution in [0.5, 0.6) is 0 Å². The summed E-state index contributed by atoms with van der Waals surface area (Å²) in [5, 5.41) is 15.1. The number of nitrogens with zero attached hydrogens (tertiary/aromatic N) is 1. The van der Waals surface area contributed by atoms with Crippen molar-refractivity contribution >= 4 is 11.3 Å². The molecule has 1 aromatic heterocycles. The Morgan fingerprint density at radius 2 is 2.35 bits per heavy atom. The van der Waals surface area contributed by atoms with E-state index < -0.39 is 0 Å². The lowest BCUT2D eigenvalue weighted by molar-refractivity contribution is 0.320. The predicted molar refractivity (Wildman–Crippen MR) is 71.7 cm³/mol. The fourth-order valence-corrected chi connectivity index (χ4v) is 3.73. The van der Waals surface area contributed by atoms with Crippen LogP contribution in [-0.2, 0) is 6.54 Å². The summed E-state index contributed by atoms with van der Waals surface area (Å²) in [7, 11) is 0. The van der Waals surface area contributed by atoms with Gasteiger partial charge in [0.25, 0.3) is 0 Å². The van der Waals surface area contributed by atoms with Gasteiger partial charge in [-0.05, 0) is 35.6 Å². The molecule has 0 radical (unpaired) electrons. The Labute approximate surface area is 108 Å². The molecular weight excluding hydrogens is 228 g/mol. The summed E-state index contributed by atoms with van der Waals surface area (Å²) in [5.41, 5.74) is -0.0644. The van der Waals surface area contributed by atoms with Gasteiger partial charge in [0.15, 0.2) is 0 Å². The monoisotopic (exact) mass is 248 g/mol. The topological polar surface area (TPSA) is 35.8 Å². The standard InChI is InChI=1S/C14H20N2S/c1-11-7-13(2,3)9-14(11,10-15)16-8-12-5-4-6-17-12/h4-6,11,16H,7-9H2,1-3H3. The zero-order valence-corrected chi connectivity index (χ0v) is 11.6. The molecule has 2 atom stereocenters. The van der Waals surface area contributed by atoms with Crippen molar-refractivity contribution in [2.75, 3.05) is 0 Å². The molecule has 2 nitrogen and oxygen atoms in total. The summed E-state index contributed by atoms with van der Waals surface area (Å²) < 4.78 is 0. The van der Waals surface area contributed by atoms with Gasteiger partial charge in [0, 0.05) is 11.4 Å². The van der Waals surface area contributed by atoms with Gasteiger partial charge < -0.3 is 0 Å². The number of nitrogens with one attached hydrogen (secondary N) is 1. The third-order valence-corrected chi connectivity index (χ3v) is 4.69. The summed E-state index contributed by atoms with van der Waals surface area (Å²) in [6.45, 7) is 7.52. The van der Waals surface area contributed by atoms with Crippen molar-refractivity contribution in [2.45, 2.75) is 45.7 Å². The van der Waals surface area contributed by atoms with Crippen LogP contribution in [0.4, 0.5) is 0 Å². The number of thiophene rings is 1. The van der Waals surface area contributed by atoms with E-state index in [2.05, 4.69) is 49.7 Å². The van der Waals surface area contributed by atoms with Gasteiger partial charge in [0.2, 0.25) is 0 Å². The van der Waals surface area contributed by atoms with Crippen LogP contribution in [0.3, 0.4) is 0 Å². The Bertz CT molecular complexity index is 416. The van der Waals surface area contributed by atoms with Gasteiger partial charge in [-0.15, -0.1) is 11.3 Å².